The highest BCUT2D eigenvalue weighted by molar-refractivity contribution is 7.18. The monoisotopic (exact) mass is 427 g/mol. The van der Waals surface area contributed by atoms with Crippen LogP contribution in [0.25, 0.3) is 0 Å². The topological polar surface area (TPSA) is 118 Å². The standard InChI is InChI=1S/C20H21N5O4S/c26-17(22-13-4-1-2-5-13)12-25-11-14(10-21-25)23-20(28)16-7-8-18(30-16)24-19(27)15-6-3-9-29-15/h3,6-11,13H,1-2,4-5,12H2,(H,22,26)(H,23,28)(H,24,27). The van der Waals surface area contributed by atoms with Gasteiger partial charge in [-0.1, -0.05) is 12.8 Å². The Morgan fingerprint density at radius 2 is 1.97 bits per heavy atom. The molecule has 1 fully saturated rings. The summed E-state index contributed by atoms with van der Waals surface area (Å²) in [6.07, 6.45) is 8.88. The molecule has 0 radical (unpaired) electrons. The molecule has 3 aromatic rings. The van der Waals surface area contributed by atoms with Gasteiger partial charge in [0.2, 0.25) is 5.91 Å². The molecule has 30 heavy (non-hydrogen) atoms. The first kappa shape index (κ1) is 19.9. The van der Waals surface area contributed by atoms with Crippen LogP contribution in [-0.4, -0.2) is 33.5 Å². The van der Waals surface area contributed by atoms with Crippen molar-refractivity contribution in [2.45, 2.75) is 38.3 Å². The van der Waals surface area contributed by atoms with E-state index in [1.165, 1.54) is 17.1 Å². The van der Waals surface area contributed by atoms with E-state index < -0.39 is 0 Å². The summed E-state index contributed by atoms with van der Waals surface area (Å²) in [5.74, 6) is -0.601. The van der Waals surface area contributed by atoms with Crippen LogP contribution in [0.3, 0.4) is 0 Å². The maximum Gasteiger partial charge on any atom is 0.291 e. The molecule has 3 amide bonds. The number of furan rings is 1. The summed E-state index contributed by atoms with van der Waals surface area (Å²) >= 11 is 1.14. The molecule has 1 aliphatic carbocycles. The van der Waals surface area contributed by atoms with E-state index in [1.807, 2.05) is 0 Å². The molecule has 0 saturated heterocycles. The van der Waals surface area contributed by atoms with Crippen molar-refractivity contribution in [3.05, 3.63) is 53.6 Å². The van der Waals surface area contributed by atoms with Gasteiger partial charge in [-0.15, -0.1) is 11.3 Å². The fourth-order valence-corrected chi connectivity index (χ4v) is 4.10. The van der Waals surface area contributed by atoms with E-state index in [0.29, 0.717) is 15.6 Å². The number of nitrogens with zero attached hydrogens (tertiary/aromatic N) is 2. The first-order valence-electron chi connectivity index (χ1n) is 9.65. The van der Waals surface area contributed by atoms with Crippen molar-refractivity contribution in [3.63, 3.8) is 0 Å². The summed E-state index contributed by atoms with van der Waals surface area (Å²) in [5.41, 5.74) is 0.489. The zero-order valence-electron chi connectivity index (χ0n) is 16.1. The highest BCUT2D eigenvalue weighted by Crippen LogP contribution is 2.24. The van der Waals surface area contributed by atoms with E-state index in [2.05, 4.69) is 21.0 Å². The van der Waals surface area contributed by atoms with Crippen molar-refractivity contribution in [1.29, 1.82) is 0 Å². The molecule has 4 rings (SSSR count). The molecule has 10 heteroatoms. The van der Waals surface area contributed by atoms with Crippen molar-refractivity contribution in [1.82, 2.24) is 15.1 Å². The lowest BCUT2D eigenvalue weighted by molar-refractivity contribution is -0.122. The predicted octanol–water partition coefficient (Wildman–Crippen LogP) is 3.10. The Bertz CT molecular complexity index is 1030. The Kier molecular flexibility index (Phi) is 5.94. The van der Waals surface area contributed by atoms with Crippen LogP contribution in [0.5, 0.6) is 0 Å². The molecule has 3 heterocycles. The second-order valence-electron chi connectivity index (χ2n) is 7.02. The maximum atomic E-state index is 12.5. The van der Waals surface area contributed by atoms with Gasteiger partial charge in [-0.05, 0) is 37.1 Å². The molecule has 0 unspecified atom stereocenters. The van der Waals surface area contributed by atoms with Gasteiger partial charge in [-0.3, -0.25) is 19.1 Å². The third-order valence-corrected chi connectivity index (χ3v) is 5.73. The molecule has 156 valence electrons. The molecular weight excluding hydrogens is 406 g/mol. The minimum Gasteiger partial charge on any atom is -0.459 e. The third-order valence-electron chi connectivity index (χ3n) is 4.73. The van der Waals surface area contributed by atoms with Gasteiger partial charge in [0.05, 0.1) is 28.0 Å². The number of rotatable bonds is 7. The van der Waals surface area contributed by atoms with Gasteiger partial charge >= 0.3 is 0 Å². The molecule has 0 atom stereocenters. The molecule has 1 saturated carbocycles. The van der Waals surface area contributed by atoms with Gasteiger partial charge in [0.25, 0.3) is 11.8 Å². The second-order valence-corrected chi connectivity index (χ2v) is 8.11. The molecule has 0 aromatic carbocycles. The van der Waals surface area contributed by atoms with Crippen molar-refractivity contribution in [2.24, 2.45) is 0 Å². The van der Waals surface area contributed by atoms with E-state index in [1.54, 1.807) is 30.5 Å². The van der Waals surface area contributed by atoms with Crippen molar-refractivity contribution < 1.29 is 18.8 Å². The molecule has 0 bridgehead atoms. The first-order chi connectivity index (χ1) is 14.6. The summed E-state index contributed by atoms with van der Waals surface area (Å²) in [4.78, 5) is 37.0. The lowest BCUT2D eigenvalue weighted by Gasteiger charge is -2.11. The number of carbonyl (C=O) groups excluding carboxylic acids is 3. The van der Waals surface area contributed by atoms with Crippen LogP contribution in [0, 0.1) is 0 Å². The zero-order valence-corrected chi connectivity index (χ0v) is 16.9. The van der Waals surface area contributed by atoms with E-state index in [-0.39, 0.29) is 36.1 Å². The largest absolute Gasteiger partial charge is 0.459 e. The lowest BCUT2D eigenvalue weighted by atomic mass is 10.2. The number of carbonyl (C=O) groups is 3. The number of anilines is 2. The first-order valence-corrected chi connectivity index (χ1v) is 10.5. The van der Waals surface area contributed by atoms with Gasteiger partial charge in [0.15, 0.2) is 5.76 Å². The van der Waals surface area contributed by atoms with Crippen LogP contribution in [-0.2, 0) is 11.3 Å². The Morgan fingerprint density at radius 3 is 2.73 bits per heavy atom. The van der Waals surface area contributed by atoms with E-state index in [0.717, 1.165) is 37.0 Å². The number of thiophene rings is 1. The number of amides is 3. The SMILES string of the molecule is O=C(Cn1cc(NC(=O)c2ccc(NC(=O)c3ccco3)s2)cn1)NC1CCCC1. The Labute approximate surface area is 176 Å². The van der Waals surface area contributed by atoms with E-state index >= 15 is 0 Å². The molecular formula is C20H21N5O4S. The Morgan fingerprint density at radius 1 is 1.13 bits per heavy atom. The summed E-state index contributed by atoms with van der Waals surface area (Å²) in [6.45, 7) is 0.105. The quantitative estimate of drug-likeness (QED) is 0.535. The fraction of sp³-hybridized carbons (Fsp3) is 0.300. The second kappa shape index (κ2) is 8.95. The normalized spacial score (nSPS) is 13.9. The number of hydrogen-bond donors (Lipinski definition) is 3. The van der Waals surface area contributed by atoms with Crippen molar-refractivity contribution in [2.75, 3.05) is 10.6 Å². The molecule has 9 nitrogen and oxygen atoms in total. The van der Waals surface area contributed by atoms with Crippen molar-refractivity contribution in [3.8, 4) is 0 Å². The smallest absolute Gasteiger partial charge is 0.291 e. The molecule has 3 aromatic heterocycles. The third kappa shape index (κ3) is 4.95. The van der Waals surface area contributed by atoms with Gasteiger partial charge < -0.3 is 20.4 Å². The zero-order chi connectivity index (χ0) is 20.9. The van der Waals surface area contributed by atoms with E-state index in [9.17, 15) is 14.4 Å². The summed E-state index contributed by atoms with van der Waals surface area (Å²) < 4.78 is 6.53. The number of nitrogens with one attached hydrogen (secondary N) is 3. The number of aromatic nitrogens is 2. The van der Waals surface area contributed by atoms with Crippen LogP contribution in [0.1, 0.15) is 45.9 Å². The lowest BCUT2D eigenvalue weighted by Crippen LogP contribution is -2.35. The highest BCUT2D eigenvalue weighted by Gasteiger charge is 2.18. The van der Waals surface area contributed by atoms with Crippen LogP contribution in [0.15, 0.2) is 47.3 Å². The minimum atomic E-state index is -0.383. The van der Waals surface area contributed by atoms with Gasteiger partial charge in [-0.2, -0.15) is 5.10 Å². The fourth-order valence-electron chi connectivity index (χ4n) is 3.31. The summed E-state index contributed by atoms with van der Waals surface area (Å²) in [5, 5.41) is 13.1. The maximum absolute atomic E-state index is 12.5. The summed E-state index contributed by atoms with van der Waals surface area (Å²) in [6, 6.07) is 6.71. The van der Waals surface area contributed by atoms with E-state index in [4.69, 9.17) is 4.42 Å². The van der Waals surface area contributed by atoms with Gasteiger partial charge in [0.1, 0.15) is 6.54 Å². The molecule has 3 N–H and O–H groups in total. The molecule has 0 spiro atoms. The van der Waals surface area contributed by atoms with Crippen molar-refractivity contribution >= 4 is 39.7 Å². The van der Waals surface area contributed by atoms with Crippen LogP contribution < -0.4 is 16.0 Å². The Hall–Kier alpha value is -3.40. The van der Waals surface area contributed by atoms with Gasteiger partial charge in [0, 0.05) is 12.2 Å². The van der Waals surface area contributed by atoms with Crippen LogP contribution >= 0.6 is 11.3 Å². The van der Waals surface area contributed by atoms with Gasteiger partial charge in [-0.25, -0.2) is 0 Å². The highest BCUT2D eigenvalue weighted by atomic mass is 32.1. The molecule has 1 aliphatic rings. The average molecular weight is 427 g/mol. The molecule has 0 aliphatic heterocycles. The minimum absolute atomic E-state index is 0.0851. The predicted molar refractivity (Wildman–Crippen MR) is 112 cm³/mol. The van der Waals surface area contributed by atoms with Crippen LogP contribution in [0.4, 0.5) is 10.7 Å². The van der Waals surface area contributed by atoms with Crippen LogP contribution in [0.2, 0.25) is 0 Å². The Balaban J connectivity index is 1.29. The average Bonchev–Trinajstić information content (AvgIpc) is 3.50. The number of hydrogen-bond acceptors (Lipinski definition) is 6. The summed E-state index contributed by atoms with van der Waals surface area (Å²) in [7, 11) is 0.